The zero-order valence-electron chi connectivity index (χ0n) is 15.1. The molecule has 1 N–H and O–H groups in total. The molecule has 2 aliphatic heterocycles. The number of nitrogens with one attached hydrogen (secondary N) is 1. The minimum absolute atomic E-state index is 0.00201. The molecule has 26 heavy (non-hydrogen) atoms. The Balaban J connectivity index is 1.35. The zero-order valence-corrected chi connectivity index (χ0v) is 15.1. The van der Waals surface area contributed by atoms with E-state index in [4.69, 9.17) is 0 Å². The first-order chi connectivity index (χ1) is 12.6. The van der Waals surface area contributed by atoms with E-state index in [1.165, 1.54) is 0 Å². The van der Waals surface area contributed by atoms with Crippen LogP contribution in [0, 0.1) is 5.92 Å². The van der Waals surface area contributed by atoms with Crippen LogP contribution in [-0.4, -0.2) is 45.6 Å². The molecule has 2 saturated heterocycles. The Kier molecular flexibility index (Phi) is 4.78. The van der Waals surface area contributed by atoms with E-state index in [0.29, 0.717) is 38.4 Å². The number of amides is 2. The highest BCUT2D eigenvalue weighted by Crippen LogP contribution is 2.22. The van der Waals surface area contributed by atoms with Crippen molar-refractivity contribution in [3.8, 4) is 0 Å². The van der Waals surface area contributed by atoms with E-state index < -0.39 is 0 Å². The van der Waals surface area contributed by atoms with Crippen molar-refractivity contribution in [1.29, 1.82) is 0 Å². The van der Waals surface area contributed by atoms with Gasteiger partial charge >= 0.3 is 0 Å². The van der Waals surface area contributed by atoms with E-state index in [9.17, 15) is 14.4 Å². The quantitative estimate of drug-likeness (QED) is 0.859. The number of carbonyl (C=O) groups is 2. The third-order valence-corrected chi connectivity index (χ3v) is 5.92. The summed E-state index contributed by atoms with van der Waals surface area (Å²) in [5.74, 6) is 0.374. The monoisotopic (exact) mass is 358 g/mol. The molecule has 140 valence electrons. The summed E-state index contributed by atoms with van der Waals surface area (Å²) in [4.78, 5) is 38.0. The van der Waals surface area contributed by atoms with Crippen LogP contribution in [0.3, 0.4) is 0 Å². The normalized spacial score (nSPS) is 23.6. The summed E-state index contributed by atoms with van der Waals surface area (Å²) in [6.45, 7) is 2.01. The van der Waals surface area contributed by atoms with Crippen LogP contribution in [0.4, 0.5) is 0 Å². The van der Waals surface area contributed by atoms with Gasteiger partial charge in [-0.2, -0.15) is 5.10 Å². The molecule has 1 aliphatic carbocycles. The molecule has 4 rings (SSSR count). The lowest BCUT2D eigenvalue weighted by Gasteiger charge is -2.33. The Bertz CT molecular complexity index is 765. The minimum atomic E-state index is -0.344. The minimum Gasteiger partial charge on any atom is -0.344 e. The first kappa shape index (κ1) is 17.2. The van der Waals surface area contributed by atoms with Crippen LogP contribution in [0.5, 0.6) is 0 Å². The molecule has 1 atom stereocenters. The number of nitrogens with zero attached hydrogens (tertiary/aromatic N) is 3. The number of aryl methyl sites for hydroxylation is 2. The molecule has 1 aromatic heterocycles. The molecule has 0 bridgehead atoms. The maximum Gasteiger partial charge on any atom is 0.267 e. The summed E-state index contributed by atoms with van der Waals surface area (Å²) in [6, 6.07) is 1.42. The fourth-order valence-corrected chi connectivity index (χ4v) is 4.33. The van der Waals surface area contributed by atoms with Crippen LogP contribution in [0.1, 0.15) is 49.8 Å². The van der Waals surface area contributed by atoms with Crippen molar-refractivity contribution in [1.82, 2.24) is 20.0 Å². The Labute approximate surface area is 152 Å². The molecule has 1 aromatic rings. The Hall–Kier alpha value is -2.18. The van der Waals surface area contributed by atoms with Gasteiger partial charge < -0.3 is 10.2 Å². The van der Waals surface area contributed by atoms with Gasteiger partial charge in [-0.15, -0.1) is 0 Å². The van der Waals surface area contributed by atoms with Gasteiger partial charge in [0.05, 0.1) is 5.69 Å². The van der Waals surface area contributed by atoms with Crippen LogP contribution < -0.4 is 10.9 Å². The largest absolute Gasteiger partial charge is 0.344 e. The Morgan fingerprint density at radius 3 is 2.62 bits per heavy atom. The van der Waals surface area contributed by atoms with Crippen molar-refractivity contribution in [2.45, 2.75) is 64.0 Å². The van der Waals surface area contributed by atoms with E-state index in [1.54, 1.807) is 10.7 Å². The van der Waals surface area contributed by atoms with Crippen LogP contribution in [-0.2, 0) is 29.0 Å². The van der Waals surface area contributed by atoms with E-state index >= 15 is 0 Å². The second-order valence-electron chi connectivity index (χ2n) is 7.77. The van der Waals surface area contributed by atoms with Crippen molar-refractivity contribution in [2.24, 2.45) is 5.92 Å². The summed E-state index contributed by atoms with van der Waals surface area (Å²) in [6.07, 6.45) is 7.02. The second-order valence-corrected chi connectivity index (χ2v) is 7.77. The number of hydrogen-bond donors (Lipinski definition) is 1. The molecule has 3 heterocycles. The van der Waals surface area contributed by atoms with Gasteiger partial charge in [0.15, 0.2) is 0 Å². The molecule has 2 fully saturated rings. The third kappa shape index (κ3) is 3.52. The average molecular weight is 358 g/mol. The second kappa shape index (κ2) is 7.21. The molecule has 7 nitrogen and oxygen atoms in total. The predicted octanol–water partition coefficient (Wildman–Crippen LogP) is 0.639. The number of fused-ring (bicyclic) bond motifs is 1. The standard InChI is InChI=1S/C19H26N4O3/c24-17-6-5-16(20-17)19(26)22-9-7-13(8-10-22)12-23-18(25)11-14-3-1-2-4-15(14)21-23/h11,13,16H,1-10,12H2,(H,20,24). The third-order valence-electron chi connectivity index (χ3n) is 5.92. The summed E-state index contributed by atoms with van der Waals surface area (Å²) >= 11 is 0. The highest BCUT2D eigenvalue weighted by Gasteiger charge is 2.32. The highest BCUT2D eigenvalue weighted by molar-refractivity contribution is 5.90. The number of hydrogen-bond acceptors (Lipinski definition) is 4. The first-order valence-electron chi connectivity index (χ1n) is 9.78. The lowest BCUT2D eigenvalue weighted by molar-refractivity contribution is -0.135. The number of rotatable bonds is 3. The van der Waals surface area contributed by atoms with Crippen molar-refractivity contribution in [2.75, 3.05) is 13.1 Å². The molecule has 0 saturated carbocycles. The lowest BCUT2D eigenvalue weighted by Crippen LogP contribution is -2.48. The van der Waals surface area contributed by atoms with Gasteiger partial charge in [-0.3, -0.25) is 14.4 Å². The smallest absolute Gasteiger partial charge is 0.267 e. The number of carbonyl (C=O) groups excluding carboxylic acids is 2. The van der Waals surface area contributed by atoms with Gasteiger partial charge in [-0.1, -0.05) is 0 Å². The molecular weight excluding hydrogens is 332 g/mol. The van der Waals surface area contributed by atoms with Crippen LogP contribution in [0.2, 0.25) is 0 Å². The fraction of sp³-hybridized carbons (Fsp3) is 0.684. The summed E-state index contributed by atoms with van der Waals surface area (Å²) < 4.78 is 1.63. The summed E-state index contributed by atoms with van der Waals surface area (Å²) in [5.41, 5.74) is 2.20. The predicted molar refractivity (Wildman–Crippen MR) is 95.6 cm³/mol. The Morgan fingerprint density at radius 2 is 1.88 bits per heavy atom. The SMILES string of the molecule is O=C1CCC(C(=O)N2CCC(Cn3nc4c(cc3=O)CCCC4)CC2)N1. The summed E-state index contributed by atoms with van der Waals surface area (Å²) in [5, 5.41) is 7.36. The fourth-order valence-electron chi connectivity index (χ4n) is 4.33. The Morgan fingerprint density at radius 1 is 1.12 bits per heavy atom. The van der Waals surface area contributed by atoms with Crippen molar-refractivity contribution in [3.63, 3.8) is 0 Å². The van der Waals surface area contributed by atoms with E-state index in [2.05, 4.69) is 10.4 Å². The van der Waals surface area contributed by atoms with Gasteiger partial charge in [0.25, 0.3) is 5.56 Å². The molecule has 7 heteroatoms. The van der Waals surface area contributed by atoms with Crippen LogP contribution in [0.15, 0.2) is 10.9 Å². The first-order valence-corrected chi connectivity index (χ1v) is 9.78. The van der Waals surface area contributed by atoms with E-state index in [-0.39, 0.29) is 23.4 Å². The van der Waals surface area contributed by atoms with Gasteiger partial charge in [0.1, 0.15) is 6.04 Å². The average Bonchev–Trinajstić information content (AvgIpc) is 3.09. The maximum absolute atomic E-state index is 12.5. The lowest BCUT2D eigenvalue weighted by atomic mass is 9.95. The number of aromatic nitrogens is 2. The van der Waals surface area contributed by atoms with Crippen LogP contribution >= 0.6 is 0 Å². The molecule has 1 unspecified atom stereocenters. The zero-order chi connectivity index (χ0) is 18.1. The van der Waals surface area contributed by atoms with E-state index in [1.807, 2.05) is 4.90 Å². The molecule has 2 amide bonds. The van der Waals surface area contributed by atoms with Crippen molar-refractivity contribution < 1.29 is 9.59 Å². The van der Waals surface area contributed by atoms with Gasteiger partial charge in [-0.25, -0.2) is 4.68 Å². The molecular formula is C19H26N4O3. The number of piperidine rings is 1. The van der Waals surface area contributed by atoms with Crippen molar-refractivity contribution >= 4 is 11.8 Å². The van der Waals surface area contributed by atoms with E-state index in [0.717, 1.165) is 49.8 Å². The highest BCUT2D eigenvalue weighted by atomic mass is 16.2. The van der Waals surface area contributed by atoms with Crippen molar-refractivity contribution in [3.05, 3.63) is 27.7 Å². The molecule has 0 radical (unpaired) electrons. The maximum atomic E-state index is 12.5. The molecule has 0 aromatic carbocycles. The van der Waals surface area contributed by atoms with Gasteiger partial charge in [-0.05, 0) is 56.4 Å². The topological polar surface area (TPSA) is 84.3 Å². The van der Waals surface area contributed by atoms with Crippen LogP contribution in [0.25, 0.3) is 0 Å². The molecule has 0 spiro atoms. The van der Waals surface area contributed by atoms with Gasteiger partial charge in [0.2, 0.25) is 11.8 Å². The summed E-state index contributed by atoms with van der Waals surface area (Å²) in [7, 11) is 0. The van der Waals surface area contributed by atoms with Gasteiger partial charge in [0, 0.05) is 32.1 Å². The number of likely N-dealkylation sites (tertiary alicyclic amines) is 1. The molecule has 3 aliphatic rings.